The van der Waals surface area contributed by atoms with Crippen molar-refractivity contribution in [2.24, 2.45) is 5.92 Å². The number of nitrogens with zero attached hydrogens (tertiary/aromatic N) is 1. The van der Waals surface area contributed by atoms with Gasteiger partial charge in [0.05, 0.1) is 5.56 Å². The lowest BCUT2D eigenvalue weighted by Crippen LogP contribution is -2.33. The van der Waals surface area contributed by atoms with Crippen LogP contribution in [0.1, 0.15) is 48.0 Å². The molecule has 0 radical (unpaired) electrons. The number of thioether (sulfide) groups is 1. The van der Waals surface area contributed by atoms with E-state index in [-0.39, 0.29) is 22.8 Å². The Balaban J connectivity index is 1.86. The molecule has 2 fully saturated rings. The van der Waals surface area contributed by atoms with E-state index >= 15 is 0 Å². The van der Waals surface area contributed by atoms with Gasteiger partial charge in [-0.05, 0) is 37.8 Å². The summed E-state index contributed by atoms with van der Waals surface area (Å²) in [6.45, 7) is 0. The van der Waals surface area contributed by atoms with Crippen LogP contribution in [-0.4, -0.2) is 16.3 Å². The summed E-state index contributed by atoms with van der Waals surface area (Å²) >= 11 is 2.01. The van der Waals surface area contributed by atoms with Crippen LogP contribution in [0.4, 0.5) is 4.39 Å². The van der Waals surface area contributed by atoms with Gasteiger partial charge in [-0.2, -0.15) is 17.0 Å². The number of rotatable bonds is 2. The number of ketones is 1. The Kier molecular flexibility index (Phi) is 3.80. The van der Waals surface area contributed by atoms with Gasteiger partial charge >= 0.3 is 0 Å². The van der Waals surface area contributed by atoms with Crippen LogP contribution in [0.5, 0.6) is 0 Å². The topological polar surface area (TPSA) is 40.9 Å². The van der Waals surface area contributed by atoms with Crippen molar-refractivity contribution in [3.63, 3.8) is 0 Å². The van der Waals surface area contributed by atoms with Crippen molar-refractivity contribution >= 4 is 17.5 Å². The van der Waals surface area contributed by atoms with Crippen molar-refractivity contribution in [3.05, 3.63) is 35.1 Å². The molecule has 0 aromatic heterocycles. The highest BCUT2D eigenvalue weighted by molar-refractivity contribution is 8.00. The maximum absolute atomic E-state index is 13.6. The molecule has 0 N–H and O–H groups in total. The molecular weight excluding hydrogens is 273 g/mol. The SMILES string of the molecule is N#Cc1c(F)cccc1C(=O)C1CC2CCCC(C1)S2. The summed E-state index contributed by atoms with van der Waals surface area (Å²) in [5, 5.41) is 10.2. The molecule has 2 nitrogen and oxygen atoms in total. The second kappa shape index (κ2) is 5.57. The average Bonchev–Trinajstić information content (AvgIpc) is 2.45. The minimum Gasteiger partial charge on any atom is -0.294 e. The number of benzene rings is 1. The Morgan fingerprint density at radius 3 is 2.65 bits per heavy atom. The molecule has 0 saturated carbocycles. The fourth-order valence-electron chi connectivity index (χ4n) is 3.34. The maximum atomic E-state index is 13.6. The molecule has 20 heavy (non-hydrogen) atoms. The van der Waals surface area contributed by atoms with Gasteiger partial charge in [0.2, 0.25) is 0 Å². The Labute approximate surface area is 122 Å². The van der Waals surface area contributed by atoms with Crippen LogP contribution < -0.4 is 0 Å². The molecule has 2 aliphatic heterocycles. The number of Topliss-reactive ketones (excluding diaryl/α,β-unsaturated/α-hetero) is 1. The Morgan fingerprint density at radius 1 is 1.30 bits per heavy atom. The fraction of sp³-hybridized carbons (Fsp3) is 0.500. The lowest BCUT2D eigenvalue weighted by molar-refractivity contribution is 0.0896. The summed E-state index contributed by atoms with van der Waals surface area (Å²) in [5.74, 6) is -0.678. The van der Waals surface area contributed by atoms with Gasteiger partial charge < -0.3 is 0 Å². The number of fused-ring (bicyclic) bond motifs is 2. The molecule has 2 heterocycles. The smallest absolute Gasteiger partial charge is 0.167 e. The Morgan fingerprint density at radius 2 is 2.00 bits per heavy atom. The van der Waals surface area contributed by atoms with E-state index in [0.717, 1.165) is 12.8 Å². The highest BCUT2D eigenvalue weighted by atomic mass is 32.2. The fourth-order valence-corrected chi connectivity index (χ4v) is 5.17. The van der Waals surface area contributed by atoms with E-state index in [0.29, 0.717) is 10.5 Å². The molecule has 4 heteroatoms. The summed E-state index contributed by atoms with van der Waals surface area (Å²) in [6.07, 6.45) is 5.37. The molecule has 2 aliphatic rings. The molecule has 1 aromatic carbocycles. The van der Waals surface area contributed by atoms with Gasteiger partial charge in [0.15, 0.2) is 5.78 Å². The standard InChI is InChI=1S/C16H16FNOS/c17-15-6-2-5-13(14(15)9-18)16(19)10-7-11-3-1-4-12(8-10)20-11/h2,5-6,10-12H,1,3-4,7-8H2. The molecule has 2 bridgehead atoms. The normalized spacial score (nSPS) is 28.7. The van der Waals surface area contributed by atoms with Crippen LogP contribution in [0.15, 0.2) is 18.2 Å². The van der Waals surface area contributed by atoms with Crippen LogP contribution >= 0.6 is 11.8 Å². The lowest BCUT2D eigenvalue weighted by atomic mass is 9.83. The van der Waals surface area contributed by atoms with E-state index in [1.807, 2.05) is 17.8 Å². The van der Waals surface area contributed by atoms with Crippen molar-refractivity contribution in [3.8, 4) is 6.07 Å². The van der Waals surface area contributed by atoms with Gasteiger partial charge in [0, 0.05) is 22.0 Å². The number of hydrogen-bond acceptors (Lipinski definition) is 3. The van der Waals surface area contributed by atoms with Crippen molar-refractivity contribution in [1.29, 1.82) is 5.26 Å². The molecular formula is C16H16FNOS. The minimum atomic E-state index is -0.594. The third-order valence-corrected chi connectivity index (χ3v) is 5.92. The molecule has 3 rings (SSSR count). The predicted molar refractivity (Wildman–Crippen MR) is 77.2 cm³/mol. The van der Waals surface area contributed by atoms with Crippen LogP contribution in [0.2, 0.25) is 0 Å². The zero-order valence-corrected chi connectivity index (χ0v) is 12.0. The highest BCUT2D eigenvalue weighted by Gasteiger charge is 2.36. The second-order valence-corrected chi connectivity index (χ2v) is 7.22. The summed E-state index contributed by atoms with van der Waals surface area (Å²) in [6, 6.07) is 6.17. The van der Waals surface area contributed by atoms with E-state index in [1.165, 1.54) is 31.4 Å². The van der Waals surface area contributed by atoms with Gasteiger partial charge in [0.25, 0.3) is 0 Å². The van der Waals surface area contributed by atoms with Gasteiger partial charge in [-0.15, -0.1) is 0 Å². The number of nitriles is 1. The van der Waals surface area contributed by atoms with Crippen molar-refractivity contribution in [1.82, 2.24) is 0 Å². The zero-order chi connectivity index (χ0) is 14.1. The second-order valence-electron chi connectivity index (χ2n) is 5.62. The molecule has 1 aromatic rings. The quantitative estimate of drug-likeness (QED) is 0.774. The Hall–Kier alpha value is -1.34. The maximum Gasteiger partial charge on any atom is 0.167 e. The van der Waals surface area contributed by atoms with Crippen molar-refractivity contribution < 1.29 is 9.18 Å². The van der Waals surface area contributed by atoms with Crippen molar-refractivity contribution in [2.75, 3.05) is 0 Å². The first-order chi connectivity index (χ1) is 9.69. The van der Waals surface area contributed by atoms with Gasteiger partial charge in [-0.1, -0.05) is 12.5 Å². The largest absolute Gasteiger partial charge is 0.294 e. The summed E-state index contributed by atoms with van der Waals surface area (Å²) in [7, 11) is 0. The van der Waals surface area contributed by atoms with E-state index in [1.54, 1.807) is 6.07 Å². The number of hydrogen-bond donors (Lipinski definition) is 0. The van der Waals surface area contributed by atoms with E-state index in [4.69, 9.17) is 5.26 Å². The summed E-state index contributed by atoms with van der Waals surface area (Å²) in [4.78, 5) is 12.6. The first-order valence-corrected chi connectivity index (χ1v) is 8.01. The lowest BCUT2D eigenvalue weighted by Gasteiger charge is -2.38. The van der Waals surface area contributed by atoms with Gasteiger partial charge in [-0.3, -0.25) is 4.79 Å². The highest BCUT2D eigenvalue weighted by Crippen LogP contribution is 2.44. The number of carbonyl (C=O) groups excluding carboxylic acids is 1. The van der Waals surface area contributed by atoms with Crippen LogP contribution in [0.25, 0.3) is 0 Å². The first kappa shape index (κ1) is 13.6. The summed E-state index contributed by atoms with van der Waals surface area (Å²) < 4.78 is 13.6. The van der Waals surface area contributed by atoms with E-state index in [9.17, 15) is 9.18 Å². The van der Waals surface area contributed by atoms with Gasteiger partial charge in [0.1, 0.15) is 11.9 Å². The van der Waals surface area contributed by atoms with E-state index < -0.39 is 5.82 Å². The molecule has 2 atom stereocenters. The minimum absolute atomic E-state index is 0.0413. The molecule has 0 amide bonds. The molecule has 2 unspecified atom stereocenters. The Bertz CT molecular complexity index is 568. The van der Waals surface area contributed by atoms with E-state index in [2.05, 4.69) is 0 Å². The molecule has 0 aliphatic carbocycles. The van der Waals surface area contributed by atoms with Crippen LogP contribution in [0.3, 0.4) is 0 Å². The first-order valence-electron chi connectivity index (χ1n) is 7.07. The van der Waals surface area contributed by atoms with Crippen LogP contribution in [-0.2, 0) is 0 Å². The van der Waals surface area contributed by atoms with Crippen molar-refractivity contribution in [2.45, 2.75) is 42.6 Å². The monoisotopic (exact) mass is 289 g/mol. The molecule has 0 spiro atoms. The third-order valence-electron chi connectivity index (χ3n) is 4.29. The summed E-state index contributed by atoms with van der Waals surface area (Å²) in [5.41, 5.74) is 0.170. The molecule has 2 saturated heterocycles. The predicted octanol–water partition coefficient (Wildman–Crippen LogP) is 3.94. The number of carbonyl (C=O) groups is 1. The zero-order valence-electron chi connectivity index (χ0n) is 11.1. The number of halogens is 1. The third kappa shape index (κ3) is 2.47. The molecule has 104 valence electrons. The van der Waals surface area contributed by atoms with Gasteiger partial charge in [-0.25, -0.2) is 4.39 Å². The average molecular weight is 289 g/mol. The van der Waals surface area contributed by atoms with Crippen LogP contribution in [0, 0.1) is 23.1 Å².